The molecule has 1 atom stereocenters. The van der Waals surface area contributed by atoms with Crippen molar-refractivity contribution in [1.82, 2.24) is 15.2 Å². The molecular weight excluding hydrogens is 274 g/mol. The third-order valence-corrected chi connectivity index (χ3v) is 2.98. The van der Waals surface area contributed by atoms with Gasteiger partial charge in [-0.3, -0.25) is 4.98 Å². The number of urea groups is 1. The maximum atomic E-state index is 11.9. The normalized spacial score (nSPS) is 11.7. The molecule has 116 valence electrons. The van der Waals surface area contributed by atoms with Crippen molar-refractivity contribution in [2.45, 2.75) is 18.9 Å². The molecule has 1 heterocycles. The van der Waals surface area contributed by atoms with Gasteiger partial charge in [0, 0.05) is 52.0 Å². The largest absolute Gasteiger partial charge is 0.480 e. The van der Waals surface area contributed by atoms with Crippen LogP contribution in [-0.2, 0) is 16.0 Å². The highest BCUT2D eigenvalue weighted by molar-refractivity contribution is 5.82. The summed E-state index contributed by atoms with van der Waals surface area (Å²) in [5, 5.41) is 11.5. The van der Waals surface area contributed by atoms with E-state index in [0.717, 1.165) is 5.69 Å². The Labute approximate surface area is 123 Å². The van der Waals surface area contributed by atoms with Gasteiger partial charge in [-0.2, -0.15) is 0 Å². The van der Waals surface area contributed by atoms with Crippen molar-refractivity contribution in [3.05, 3.63) is 30.1 Å². The number of carbonyl (C=O) groups excluding carboxylic acids is 1. The van der Waals surface area contributed by atoms with Crippen molar-refractivity contribution in [3.8, 4) is 0 Å². The molecule has 0 aliphatic rings. The second-order valence-corrected chi connectivity index (χ2v) is 4.61. The number of carboxylic acids is 1. The lowest BCUT2D eigenvalue weighted by molar-refractivity contribution is -0.139. The Hall–Kier alpha value is -2.15. The van der Waals surface area contributed by atoms with E-state index in [1.807, 2.05) is 18.2 Å². The summed E-state index contributed by atoms with van der Waals surface area (Å²) in [5.74, 6) is -1.07. The molecule has 0 radical (unpaired) electrons. The molecule has 2 N–H and O–H groups in total. The van der Waals surface area contributed by atoms with E-state index in [0.29, 0.717) is 13.0 Å². The fourth-order valence-corrected chi connectivity index (χ4v) is 1.68. The van der Waals surface area contributed by atoms with Gasteiger partial charge in [-0.05, 0) is 12.1 Å². The van der Waals surface area contributed by atoms with Crippen molar-refractivity contribution >= 4 is 12.0 Å². The Bertz CT molecular complexity index is 453. The molecule has 0 spiro atoms. The van der Waals surface area contributed by atoms with Gasteiger partial charge in [-0.15, -0.1) is 0 Å². The zero-order valence-corrected chi connectivity index (χ0v) is 12.3. The van der Waals surface area contributed by atoms with Crippen molar-refractivity contribution in [1.29, 1.82) is 0 Å². The number of aromatic nitrogens is 1. The molecule has 1 aromatic heterocycles. The van der Waals surface area contributed by atoms with E-state index in [1.54, 1.807) is 13.2 Å². The van der Waals surface area contributed by atoms with Crippen LogP contribution in [0.3, 0.4) is 0 Å². The number of methoxy groups -OCH3 is 1. The number of carbonyl (C=O) groups is 2. The molecule has 0 saturated heterocycles. The van der Waals surface area contributed by atoms with Gasteiger partial charge in [0.1, 0.15) is 6.04 Å². The van der Waals surface area contributed by atoms with Crippen LogP contribution in [0.2, 0.25) is 0 Å². The van der Waals surface area contributed by atoms with Gasteiger partial charge in [-0.1, -0.05) is 6.07 Å². The SMILES string of the molecule is COCCC(NC(=O)N(C)CCc1ccccn1)C(=O)O. The van der Waals surface area contributed by atoms with Crippen molar-refractivity contribution < 1.29 is 19.4 Å². The van der Waals surface area contributed by atoms with E-state index in [2.05, 4.69) is 10.3 Å². The van der Waals surface area contributed by atoms with Crippen LogP contribution in [0.25, 0.3) is 0 Å². The lowest BCUT2D eigenvalue weighted by Gasteiger charge is -2.21. The predicted octanol–water partition coefficient (Wildman–Crippen LogP) is 0.755. The second kappa shape index (κ2) is 8.91. The zero-order valence-electron chi connectivity index (χ0n) is 12.3. The first-order valence-electron chi connectivity index (χ1n) is 6.68. The van der Waals surface area contributed by atoms with Crippen LogP contribution in [0.5, 0.6) is 0 Å². The van der Waals surface area contributed by atoms with Crippen LogP contribution < -0.4 is 5.32 Å². The number of nitrogens with one attached hydrogen (secondary N) is 1. The molecule has 1 aromatic rings. The Morgan fingerprint density at radius 1 is 1.48 bits per heavy atom. The summed E-state index contributed by atoms with van der Waals surface area (Å²) in [7, 11) is 3.10. The Morgan fingerprint density at radius 3 is 2.81 bits per heavy atom. The molecule has 0 aliphatic carbocycles. The van der Waals surface area contributed by atoms with Gasteiger partial charge in [0.25, 0.3) is 0 Å². The Kier molecular flexibility index (Phi) is 7.17. The molecule has 7 nitrogen and oxygen atoms in total. The smallest absolute Gasteiger partial charge is 0.326 e. The van der Waals surface area contributed by atoms with E-state index >= 15 is 0 Å². The van der Waals surface area contributed by atoms with Crippen LogP contribution in [0.1, 0.15) is 12.1 Å². The van der Waals surface area contributed by atoms with Gasteiger partial charge in [0.05, 0.1) is 0 Å². The number of rotatable bonds is 8. The fraction of sp³-hybridized carbons (Fsp3) is 0.500. The average molecular weight is 295 g/mol. The quantitative estimate of drug-likeness (QED) is 0.738. The minimum atomic E-state index is -1.07. The summed E-state index contributed by atoms with van der Waals surface area (Å²) in [6, 6.07) is 4.22. The zero-order chi connectivity index (χ0) is 15.7. The second-order valence-electron chi connectivity index (χ2n) is 4.61. The summed E-state index contributed by atoms with van der Waals surface area (Å²) < 4.78 is 4.83. The van der Waals surface area contributed by atoms with Gasteiger partial charge in [-0.25, -0.2) is 9.59 Å². The lowest BCUT2D eigenvalue weighted by Crippen LogP contribution is -2.47. The number of ether oxygens (including phenoxy) is 1. The highest BCUT2D eigenvalue weighted by Gasteiger charge is 2.21. The summed E-state index contributed by atoms with van der Waals surface area (Å²) in [5.41, 5.74) is 0.881. The number of pyridine rings is 1. The van der Waals surface area contributed by atoms with E-state index in [9.17, 15) is 9.59 Å². The Morgan fingerprint density at radius 2 is 2.24 bits per heavy atom. The average Bonchev–Trinajstić information content (AvgIpc) is 2.49. The molecule has 21 heavy (non-hydrogen) atoms. The number of carboxylic acid groups (broad SMARTS) is 1. The monoisotopic (exact) mass is 295 g/mol. The third kappa shape index (κ3) is 6.22. The highest BCUT2D eigenvalue weighted by atomic mass is 16.5. The molecule has 0 saturated carbocycles. The maximum absolute atomic E-state index is 11.9. The number of aliphatic carboxylic acids is 1. The third-order valence-electron chi connectivity index (χ3n) is 2.98. The summed E-state index contributed by atoms with van der Waals surface area (Å²) in [6.07, 6.45) is 2.53. The van der Waals surface area contributed by atoms with Gasteiger partial charge in [0.15, 0.2) is 0 Å². The summed E-state index contributed by atoms with van der Waals surface area (Å²) in [4.78, 5) is 28.6. The molecule has 1 rings (SSSR count). The van der Waals surface area contributed by atoms with Crippen molar-refractivity contribution in [2.75, 3.05) is 27.3 Å². The first-order chi connectivity index (χ1) is 10.0. The van der Waals surface area contributed by atoms with E-state index in [1.165, 1.54) is 12.0 Å². The predicted molar refractivity (Wildman–Crippen MR) is 77.0 cm³/mol. The van der Waals surface area contributed by atoms with Gasteiger partial charge >= 0.3 is 12.0 Å². The van der Waals surface area contributed by atoms with E-state index < -0.39 is 18.0 Å². The number of hydrogen-bond acceptors (Lipinski definition) is 4. The number of hydrogen-bond donors (Lipinski definition) is 2. The van der Waals surface area contributed by atoms with Crippen LogP contribution in [0.15, 0.2) is 24.4 Å². The minimum absolute atomic E-state index is 0.228. The molecule has 0 aliphatic heterocycles. The topological polar surface area (TPSA) is 91.8 Å². The van der Waals surface area contributed by atoms with Crippen LogP contribution >= 0.6 is 0 Å². The van der Waals surface area contributed by atoms with Gasteiger partial charge < -0.3 is 20.1 Å². The molecule has 7 heteroatoms. The molecule has 0 bridgehead atoms. The number of nitrogens with zero attached hydrogens (tertiary/aromatic N) is 2. The van der Waals surface area contributed by atoms with Crippen molar-refractivity contribution in [2.24, 2.45) is 0 Å². The molecule has 1 unspecified atom stereocenters. The summed E-state index contributed by atoms with van der Waals surface area (Å²) in [6.45, 7) is 0.731. The van der Waals surface area contributed by atoms with Gasteiger partial charge in [0.2, 0.25) is 0 Å². The number of likely N-dealkylation sites (N-methyl/N-ethyl adjacent to an activating group) is 1. The standard InChI is InChI=1S/C14H21N3O4/c1-17(9-6-11-5-3-4-8-15-11)14(20)16-12(13(18)19)7-10-21-2/h3-5,8,12H,6-7,9-10H2,1-2H3,(H,16,20)(H,18,19). The first-order valence-corrected chi connectivity index (χ1v) is 6.68. The van der Waals surface area contributed by atoms with Crippen molar-refractivity contribution in [3.63, 3.8) is 0 Å². The van der Waals surface area contributed by atoms with E-state index in [-0.39, 0.29) is 13.0 Å². The first kappa shape index (κ1) is 16.9. The summed E-state index contributed by atoms with van der Waals surface area (Å²) >= 11 is 0. The highest BCUT2D eigenvalue weighted by Crippen LogP contribution is 1.99. The fourth-order valence-electron chi connectivity index (χ4n) is 1.68. The molecular formula is C14H21N3O4. The lowest BCUT2D eigenvalue weighted by atomic mass is 10.2. The number of amides is 2. The van der Waals surface area contributed by atoms with Crippen LogP contribution in [0, 0.1) is 0 Å². The minimum Gasteiger partial charge on any atom is -0.480 e. The molecule has 0 aromatic carbocycles. The van der Waals surface area contributed by atoms with E-state index in [4.69, 9.17) is 9.84 Å². The molecule has 0 fully saturated rings. The maximum Gasteiger partial charge on any atom is 0.326 e. The Balaban J connectivity index is 2.43. The molecule has 2 amide bonds. The van der Waals surface area contributed by atoms with Crippen LogP contribution in [0.4, 0.5) is 4.79 Å². The van der Waals surface area contributed by atoms with Crippen LogP contribution in [-0.4, -0.2) is 60.3 Å².